The third-order valence-corrected chi connectivity index (χ3v) is 4.93. The van der Waals surface area contributed by atoms with Gasteiger partial charge in [-0.3, -0.25) is 0 Å². The number of hydrogen-bond donors (Lipinski definition) is 4. The van der Waals surface area contributed by atoms with Crippen LogP contribution in [0.3, 0.4) is 0 Å². The Morgan fingerprint density at radius 2 is 0.697 bits per heavy atom. The SMILES string of the molecule is Fc1cc(F)c(CNCCCNCCCNCCCNCc2cc(F)c(F)cc2F)cc1F. The highest BCUT2D eigenvalue weighted by atomic mass is 19.2. The van der Waals surface area contributed by atoms with Gasteiger partial charge in [-0.05, 0) is 70.7 Å². The van der Waals surface area contributed by atoms with Crippen LogP contribution in [0.2, 0.25) is 0 Å². The summed E-state index contributed by atoms with van der Waals surface area (Å²) in [6.45, 7) is 4.72. The maximum atomic E-state index is 13.5. The summed E-state index contributed by atoms with van der Waals surface area (Å²) in [5, 5.41) is 12.6. The molecule has 0 aliphatic carbocycles. The Morgan fingerprint density at radius 3 is 1.06 bits per heavy atom. The van der Waals surface area contributed by atoms with Crippen molar-refractivity contribution in [2.24, 2.45) is 0 Å². The topological polar surface area (TPSA) is 48.1 Å². The van der Waals surface area contributed by atoms with Crippen molar-refractivity contribution >= 4 is 0 Å². The van der Waals surface area contributed by atoms with Crippen molar-refractivity contribution in [1.29, 1.82) is 0 Å². The molecule has 0 saturated heterocycles. The van der Waals surface area contributed by atoms with E-state index in [-0.39, 0.29) is 24.2 Å². The molecule has 0 saturated carbocycles. The molecule has 2 rings (SSSR count). The Morgan fingerprint density at radius 1 is 0.394 bits per heavy atom. The van der Waals surface area contributed by atoms with Crippen LogP contribution in [-0.4, -0.2) is 39.3 Å². The van der Waals surface area contributed by atoms with E-state index in [1.54, 1.807) is 0 Å². The summed E-state index contributed by atoms with van der Waals surface area (Å²) >= 11 is 0. The normalized spacial score (nSPS) is 11.3. The Labute approximate surface area is 190 Å². The third-order valence-electron chi connectivity index (χ3n) is 4.93. The van der Waals surface area contributed by atoms with E-state index in [4.69, 9.17) is 0 Å². The van der Waals surface area contributed by atoms with Crippen LogP contribution in [-0.2, 0) is 13.1 Å². The lowest BCUT2D eigenvalue weighted by molar-refractivity contribution is 0.485. The number of rotatable bonds is 16. The molecule has 0 aliphatic rings. The molecule has 33 heavy (non-hydrogen) atoms. The predicted octanol–water partition coefficient (Wildman–Crippen LogP) is 3.75. The van der Waals surface area contributed by atoms with Crippen molar-refractivity contribution < 1.29 is 26.3 Å². The second-order valence-corrected chi connectivity index (χ2v) is 7.63. The first-order valence-corrected chi connectivity index (χ1v) is 11.0. The summed E-state index contributed by atoms with van der Waals surface area (Å²) in [7, 11) is 0. The van der Waals surface area contributed by atoms with Crippen LogP contribution >= 0.6 is 0 Å². The molecule has 0 atom stereocenters. The zero-order valence-electron chi connectivity index (χ0n) is 18.4. The molecule has 0 radical (unpaired) electrons. The van der Waals surface area contributed by atoms with E-state index in [0.29, 0.717) is 25.2 Å². The summed E-state index contributed by atoms with van der Waals surface area (Å²) in [6.07, 6.45) is 2.55. The molecular formula is C23H30F6N4. The molecule has 0 bridgehead atoms. The third kappa shape index (κ3) is 10.1. The second kappa shape index (κ2) is 14.9. The molecule has 0 aliphatic heterocycles. The number of halogens is 6. The maximum Gasteiger partial charge on any atom is 0.161 e. The van der Waals surface area contributed by atoms with Crippen molar-refractivity contribution in [3.05, 3.63) is 70.3 Å². The minimum atomic E-state index is -1.19. The van der Waals surface area contributed by atoms with E-state index in [1.807, 2.05) is 0 Å². The van der Waals surface area contributed by atoms with E-state index in [9.17, 15) is 26.3 Å². The van der Waals surface area contributed by atoms with Crippen LogP contribution in [0.5, 0.6) is 0 Å². The molecule has 0 aromatic heterocycles. The lowest BCUT2D eigenvalue weighted by Gasteiger charge is -2.09. The summed E-state index contributed by atoms with van der Waals surface area (Å²) in [4.78, 5) is 0. The van der Waals surface area contributed by atoms with Gasteiger partial charge in [0, 0.05) is 36.3 Å². The van der Waals surface area contributed by atoms with Crippen LogP contribution in [0.15, 0.2) is 24.3 Å². The fourth-order valence-corrected chi connectivity index (χ4v) is 3.11. The summed E-state index contributed by atoms with van der Waals surface area (Å²) in [6, 6.07) is 2.84. The van der Waals surface area contributed by atoms with Gasteiger partial charge in [0.15, 0.2) is 23.3 Å². The number of hydrogen-bond acceptors (Lipinski definition) is 4. The van der Waals surface area contributed by atoms with E-state index < -0.39 is 34.9 Å². The highest BCUT2D eigenvalue weighted by Gasteiger charge is 2.10. The van der Waals surface area contributed by atoms with Crippen molar-refractivity contribution in [3.63, 3.8) is 0 Å². The summed E-state index contributed by atoms with van der Waals surface area (Å²) in [5.74, 6) is -6.03. The lowest BCUT2D eigenvalue weighted by Crippen LogP contribution is -2.26. The molecule has 184 valence electrons. The van der Waals surface area contributed by atoms with Crippen molar-refractivity contribution in [2.75, 3.05) is 39.3 Å². The van der Waals surface area contributed by atoms with Gasteiger partial charge in [-0.2, -0.15) is 0 Å². The van der Waals surface area contributed by atoms with Gasteiger partial charge in [-0.1, -0.05) is 0 Å². The first-order chi connectivity index (χ1) is 15.9. The van der Waals surface area contributed by atoms with Gasteiger partial charge in [0.1, 0.15) is 11.6 Å². The van der Waals surface area contributed by atoms with Gasteiger partial charge in [0.05, 0.1) is 0 Å². The Balaban J connectivity index is 1.37. The second-order valence-electron chi connectivity index (χ2n) is 7.63. The van der Waals surface area contributed by atoms with Gasteiger partial charge in [0.2, 0.25) is 0 Å². The molecule has 0 spiro atoms. The van der Waals surface area contributed by atoms with Gasteiger partial charge in [0.25, 0.3) is 0 Å². The van der Waals surface area contributed by atoms with Crippen LogP contribution in [0.1, 0.15) is 30.4 Å². The number of nitrogens with one attached hydrogen (secondary N) is 4. The van der Waals surface area contributed by atoms with Gasteiger partial charge in [-0.25, -0.2) is 26.3 Å². The molecule has 2 aromatic rings. The lowest BCUT2D eigenvalue weighted by atomic mass is 10.2. The van der Waals surface area contributed by atoms with Crippen LogP contribution in [0, 0.1) is 34.9 Å². The zero-order chi connectivity index (χ0) is 24.1. The van der Waals surface area contributed by atoms with Crippen molar-refractivity contribution in [1.82, 2.24) is 21.3 Å². The van der Waals surface area contributed by atoms with Crippen LogP contribution in [0.4, 0.5) is 26.3 Å². The Bertz CT molecular complexity index is 796. The number of benzene rings is 2. The fourth-order valence-electron chi connectivity index (χ4n) is 3.11. The van der Waals surface area contributed by atoms with Crippen LogP contribution in [0.25, 0.3) is 0 Å². The van der Waals surface area contributed by atoms with Crippen molar-refractivity contribution in [2.45, 2.75) is 32.4 Å². The van der Waals surface area contributed by atoms with Gasteiger partial charge in [-0.15, -0.1) is 0 Å². The Kier molecular flexibility index (Phi) is 12.2. The molecule has 2 aromatic carbocycles. The standard InChI is InChI=1S/C23H30F6N4/c24-18-12-22(28)20(26)10-16(18)14-32-8-2-6-30-4-1-5-31-7-3-9-33-15-17-11-21(27)23(29)13-19(17)25/h10-13,30-33H,1-9,14-15H2. The van der Waals surface area contributed by atoms with E-state index in [2.05, 4.69) is 21.3 Å². The molecular weight excluding hydrogens is 446 g/mol. The largest absolute Gasteiger partial charge is 0.317 e. The van der Waals surface area contributed by atoms with E-state index in [1.165, 1.54) is 0 Å². The molecule has 0 amide bonds. The minimum Gasteiger partial charge on any atom is -0.317 e. The molecule has 4 nitrogen and oxygen atoms in total. The molecule has 0 heterocycles. The highest BCUT2D eigenvalue weighted by molar-refractivity contribution is 5.20. The quantitative estimate of drug-likeness (QED) is 0.169. The monoisotopic (exact) mass is 476 g/mol. The highest BCUT2D eigenvalue weighted by Crippen LogP contribution is 2.14. The Hall–Kier alpha value is -2.14. The first kappa shape index (κ1) is 27.1. The molecule has 0 fully saturated rings. The predicted molar refractivity (Wildman–Crippen MR) is 116 cm³/mol. The average molecular weight is 477 g/mol. The molecule has 4 N–H and O–H groups in total. The maximum absolute atomic E-state index is 13.5. The van der Waals surface area contributed by atoms with E-state index in [0.717, 1.165) is 57.6 Å². The first-order valence-electron chi connectivity index (χ1n) is 11.0. The van der Waals surface area contributed by atoms with Gasteiger partial charge >= 0.3 is 0 Å². The van der Waals surface area contributed by atoms with Gasteiger partial charge < -0.3 is 21.3 Å². The molecule has 0 unspecified atom stereocenters. The smallest absolute Gasteiger partial charge is 0.161 e. The zero-order valence-corrected chi connectivity index (χ0v) is 18.4. The van der Waals surface area contributed by atoms with Crippen LogP contribution < -0.4 is 21.3 Å². The molecule has 10 heteroatoms. The average Bonchev–Trinajstić information content (AvgIpc) is 2.77. The minimum absolute atomic E-state index is 0.0969. The van der Waals surface area contributed by atoms with Crippen molar-refractivity contribution in [3.8, 4) is 0 Å². The summed E-state index contributed by atoms with van der Waals surface area (Å²) in [5.41, 5.74) is 0.194. The fraction of sp³-hybridized carbons (Fsp3) is 0.478. The van der Waals surface area contributed by atoms with E-state index >= 15 is 0 Å². The summed E-state index contributed by atoms with van der Waals surface area (Å²) < 4.78 is 79.0.